The first kappa shape index (κ1) is 16.7. The summed E-state index contributed by atoms with van der Waals surface area (Å²) in [6.07, 6.45) is 0.481. The number of fused-ring (bicyclic) bond motifs is 2. The standard InChI is InChI=1S/C18H16N2O5S/c21-18(22)13-5-6-14-10-20(8-7-12(14)9-13)26(23,24)11-16-15-3-1-2-4-17(15)25-19-16/h1-6,9H,7-8,10-11H2,(H,21,22). The molecule has 0 radical (unpaired) electrons. The van der Waals surface area contributed by atoms with Crippen LogP contribution in [0.25, 0.3) is 11.0 Å². The van der Waals surface area contributed by atoms with Crippen LogP contribution in [-0.2, 0) is 28.7 Å². The van der Waals surface area contributed by atoms with E-state index in [0.717, 1.165) is 11.1 Å². The number of carbonyl (C=O) groups is 1. The lowest BCUT2D eigenvalue weighted by Gasteiger charge is -2.28. The van der Waals surface area contributed by atoms with Crippen molar-refractivity contribution in [2.75, 3.05) is 6.54 Å². The van der Waals surface area contributed by atoms with E-state index < -0.39 is 16.0 Å². The maximum absolute atomic E-state index is 12.8. The third kappa shape index (κ3) is 2.97. The molecule has 2 aromatic carbocycles. The average molecular weight is 372 g/mol. The Kier molecular flexibility index (Phi) is 4.01. The zero-order chi connectivity index (χ0) is 18.3. The number of nitrogens with zero attached hydrogens (tertiary/aromatic N) is 2. The molecule has 2 heterocycles. The van der Waals surface area contributed by atoms with E-state index in [4.69, 9.17) is 9.63 Å². The van der Waals surface area contributed by atoms with Crippen LogP contribution in [0.15, 0.2) is 47.0 Å². The predicted molar refractivity (Wildman–Crippen MR) is 94.1 cm³/mol. The van der Waals surface area contributed by atoms with Gasteiger partial charge in [-0.05, 0) is 41.8 Å². The zero-order valence-electron chi connectivity index (χ0n) is 13.8. The molecule has 1 N–H and O–H groups in total. The minimum absolute atomic E-state index is 0.217. The van der Waals surface area contributed by atoms with Gasteiger partial charge in [0.15, 0.2) is 5.58 Å². The molecule has 0 atom stereocenters. The van der Waals surface area contributed by atoms with Gasteiger partial charge in [0, 0.05) is 18.5 Å². The van der Waals surface area contributed by atoms with Gasteiger partial charge in [-0.1, -0.05) is 23.4 Å². The molecule has 7 nitrogen and oxygen atoms in total. The van der Waals surface area contributed by atoms with Crippen LogP contribution < -0.4 is 0 Å². The van der Waals surface area contributed by atoms with Gasteiger partial charge >= 0.3 is 5.97 Å². The number of carboxylic acids is 1. The van der Waals surface area contributed by atoms with Crippen molar-refractivity contribution in [1.29, 1.82) is 0 Å². The van der Waals surface area contributed by atoms with Crippen molar-refractivity contribution in [3.8, 4) is 0 Å². The summed E-state index contributed by atoms with van der Waals surface area (Å²) in [5.74, 6) is -1.22. The first-order chi connectivity index (χ1) is 12.4. The van der Waals surface area contributed by atoms with Crippen molar-refractivity contribution in [2.24, 2.45) is 0 Å². The highest BCUT2D eigenvalue weighted by atomic mass is 32.2. The molecule has 0 fully saturated rings. The van der Waals surface area contributed by atoms with Crippen LogP contribution in [0.3, 0.4) is 0 Å². The van der Waals surface area contributed by atoms with E-state index in [9.17, 15) is 13.2 Å². The molecule has 3 aromatic rings. The second-order valence-electron chi connectivity index (χ2n) is 6.25. The summed E-state index contributed by atoms with van der Waals surface area (Å²) in [4.78, 5) is 11.1. The first-order valence-corrected chi connectivity index (χ1v) is 9.71. The number of carboxylic acid groups (broad SMARTS) is 1. The van der Waals surface area contributed by atoms with Gasteiger partial charge in [0.05, 0.1) is 5.56 Å². The molecule has 134 valence electrons. The van der Waals surface area contributed by atoms with Crippen molar-refractivity contribution in [1.82, 2.24) is 9.46 Å². The summed E-state index contributed by atoms with van der Waals surface area (Å²) < 4.78 is 32.3. The molecule has 0 aliphatic carbocycles. The van der Waals surface area contributed by atoms with Crippen molar-refractivity contribution >= 4 is 27.0 Å². The van der Waals surface area contributed by atoms with Crippen LogP contribution in [0.1, 0.15) is 27.2 Å². The summed E-state index contributed by atoms with van der Waals surface area (Å²) in [6, 6.07) is 12.0. The van der Waals surface area contributed by atoms with E-state index in [2.05, 4.69) is 5.16 Å². The van der Waals surface area contributed by atoms with Gasteiger partial charge in [0.1, 0.15) is 11.4 Å². The van der Waals surface area contributed by atoms with Gasteiger partial charge in [-0.15, -0.1) is 0 Å². The van der Waals surface area contributed by atoms with Gasteiger partial charge in [-0.2, -0.15) is 4.31 Å². The van der Waals surface area contributed by atoms with E-state index in [-0.39, 0.29) is 17.9 Å². The number of aromatic nitrogens is 1. The minimum atomic E-state index is -3.57. The fourth-order valence-corrected chi connectivity index (χ4v) is 4.65. The Morgan fingerprint density at radius 3 is 2.81 bits per heavy atom. The second-order valence-corrected chi connectivity index (χ2v) is 8.22. The maximum Gasteiger partial charge on any atom is 0.335 e. The van der Waals surface area contributed by atoms with Gasteiger partial charge in [0.25, 0.3) is 0 Å². The Hall–Kier alpha value is -2.71. The maximum atomic E-state index is 12.8. The number of sulfonamides is 1. The fraction of sp³-hybridized carbons (Fsp3) is 0.222. The van der Waals surface area contributed by atoms with Crippen molar-refractivity contribution < 1.29 is 22.8 Å². The Morgan fingerprint density at radius 1 is 1.19 bits per heavy atom. The number of hydrogen-bond donors (Lipinski definition) is 1. The smallest absolute Gasteiger partial charge is 0.335 e. The normalized spacial score (nSPS) is 15.1. The van der Waals surface area contributed by atoms with E-state index >= 15 is 0 Å². The molecule has 0 saturated carbocycles. The van der Waals surface area contributed by atoms with Crippen LogP contribution in [-0.4, -0.2) is 35.5 Å². The number of para-hydroxylation sites is 1. The van der Waals surface area contributed by atoms with E-state index in [0.29, 0.717) is 29.6 Å². The largest absolute Gasteiger partial charge is 0.478 e. The molecule has 1 aliphatic rings. The molecule has 1 aromatic heterocycles. The number of benzene rings is 2. The highest BCUT2D eigenvalue weighted by molar-refractivity contribution is 7.88. The van der Waals surface area contributed by atoms with Crippen LogP contribution in [0.5, 0.6) is 0 Å². The van der Waals surface area contributed by atoms with Gasteiger partial charge in [-0.25, -0.2) is 13.2 Å². The van der Waals surface area contributed by atoms with Gasteiger partial charge in [-0.3, -0.25) is 0 Å². The topological polar surface area (TPSA) is 101 Å². The monoisotopic (exact) mass is 372 g/mol. The Morgan fingerprint density at radius 2 is 2.00 bits per heavy atom. The zero-order valence-corrected chi connectivity index (χ0v) is 14.6. The SMILES string of the molecule is O=C(O)c1ccc2c(c1)CCN(S(=O)(=O)Cc1noc3ccccc13)C2. The quantitative estimate of drug-likeness (QED) is 0.755. The Bertz CT molecular complexity index is 1100. The van der Waals surface area contributed by atoms with Gasteiger partial charge in [0.2, 0.25) is 10.0 Å². The summed E-state index contributed by atoms with van der Waals surface area (Å²) in [6.45, 7) is 0.543. The summed E-state index contributed by atoms with van der Waals surface area (Å²) >= 11 is 0. The molecule has 26 heavy (non-hydrogen) atoms. The molecular formula is C18H16N2O5S. The molecule has 0 unspecified atom stereocenters. The molecule has 0 saturated heterocycles. The fourth-order valence-electron chi connectivity index (χ4n) is 3.20. The lowest BCUT2D eigenvalue weighted by atomic mass is 9.98. The highest BCUT2D eigenvalue weighted by Crippen LogP contribution is 2.26. The van der Waals surface area contributed by atoms with E-state index in [1.165, 1.54) is 10.4 Å². The van der Waals surface area contributed by atoms with Gasteiger partial charge < -0.3 is 9.63 Å². The molecular weight excluding hydrogens is 356 g/mol. The van der Waals surface area contributed by atoms with Crippen molar-refractivity contribution in [3.05, 3.63) is 64.8 Å². The van der Waals surface area contributed by atoms with Crippen LogP contribution in [0, 0.1) is 0 Å². The minimum Gasteiger partial charge on any atom is -0.478 e. The second kappa shape index (κ2) is 6.22. The van der Waals surface area contributed by atoms with Crippen molar-refractivity contribution in [3.63, 3.8) is 0 Å². The highest BCUT2D eigenvalue weighted by Gasteiger charge is 2.29. The average Bonchev–Trinajstić information content (AvgIpc) is 3.03. The summed E-state index contributed by atoms with van der Waals surface area (Å²) in [7, 11) is -3.57. The molecule has 1 aliphatic heterocycles. The Labute approximate surface area is 149 Å². The van der Waals surface area contributed by atoms with Crippen LogP contribution in [0.4, 0.5) is 0 Å². The first-order valence-electron chi connectivity index (χ1n) is 8.10. The number of aromatic carboxylic acids is 1. The lowest BCUT2D eigenvalue weighted by molar-refractivity contribution is 0.0696. The molecule has 0 amide bonds. The van der Waals surface area contributed by atoms with E-state index in [1.807, 2.05) is 6.07 Å². The summed E-state index contributed by atoms with van der Waals surface area (Å²) in [5.41, 5.74) is 2.88. The Balaban J connectivity index is 1.58. The van der Waals surface area contributed by atoms with E-state index in [1.54, 1.807) is 30.3 Å². The summed E-state index contributed by atoms with van der Waals surface area (Å²) in [5, 5.41) is 13.7. The van der Waals surface area contributed by atoms with Crippen LogP contribution >= 0.6 is 0 Å². The molecule has 0 bridgehead atoms. The molecule has 4 rings (SSSR count). The van der Waals surface area contributed by atoms with Crippen molar-refractivity contribution in [2.45, 2.75) is 18.7 Å². The molecule has 8 heteroatoms. The third-order valence-corrected chi connectivity index (χ3v) is 6.33. The lowest BCUT2D eigenvalue weighted by Crippen LogP contribution is -2.36. The molecule has 0 spiro atoms. The van der Waals surface area contributed by atoms with Crippen LogP contribution in [0.2, 0.25) is 0 Å². The number of rotatable bonds is 4. The predicted octanol–water partition coefficient (Wildman–Crippen LogP) is 2.41. The third-order valence-electron chi connectivity index (χ3n) is 4.60. The number of hydrogen-bond acceptors (Lipinski definition) is 5.